The zero-order chi connectivity index (χ0) is 16.9. The third-order valence-electron chi connectivity index (χ3n) is 4.12. The van der Waals surface area contributed by atoms with Crippen LogP contribution in [-0.2, 0) is 17.9 Å². The standard InChI is InChI=1S/C18H20FN3O2/c19-15-8-17(18(20)23)22(11-15)10-13-3-5-16(6-4-13)24-12-14-2-1-7-21-9-14/h1-7,9,15,17H,8,10-12H2,(H2,20,23)/t15-,17+/m1/s1. The van der Waals surface area contributed by atoms with E-state index in [1.807, 2.05) is 36.4 Å². The van der Waals surface area contributed by atoms with Crippen LogP contribution in [0.3, 0.4) is 0 Å². The van der Waals surface area contributed by atoms with Gasteiger partial charge in [0.15, 0.2) is 0 Å². The van der Waals surface area contributed by atoms with Gasteiger partial charge in [-0.2, -0.15) is 0 Å². The molecule has 1 aromatic heterocycles. The molecule has 1 aliphatic rings. The molecular formula is C18H20FN3O2. The van der Waals surface area contributed by atoms with Crippen molar-refractivity contribution >= 4 is 5.91 Å². The second kappa shape index (κ2) is 7.40. The molecule has 2 aromatic rings. The number of ether oxygens (including phenoxy) is 1. The Labute approximate surface area is 140 Å². The van der Waals surface area contributed by atoms with Crippen molar-refractivity contribution in [1.82, 2.24) is 9.88 Å². The summed E-state index contributed by atoms with van der Waals surface area (Å²) in [6.07, 6.45) is 2.67. The number of nitrogens with zero attached hydrogens (tertiary/aromatic N) is 2. The summed E-state index contributed by atoms with van der Waals surface area (Å²) in [5.74, 6) is 0.283. The number of carbonyl (C=O) groups is 1. The predicted octanol–water partition coefficient (Wildman–Crippen LogP) is 2.06. The van der Waals surface area contributed by atoms with Crippen LogP contribution in [0, 0.1) is 0 Å². The molecule has 0 saturated carbocycles. The number of rotatable bonds is 6. The fraction of sp³-hybridized carbons (Fsp3) is 0.333. The van der Waals surface area contributed by atoms with Gasteiger partial charge in [0.2, 0.25) is 5.91 Å². The van der Waals surface area contributed by atoms with Crippen molar-refractivity contribution in [1.29, 1.82) is 0 Å². The van der Waals surface area contributed by atoms with Gasteiger partial charge < -0.3 is 10.5 Å². The molecule has 6 heteroatoms. The van der Waals surface area contributed by atoms with E-state index in [9.17, 15) is 9.18 Å². The number of carbonyl (C=O) groups excluding carboxylic acids is 1. The molecule has 1 saturated heterocycles. The third kappa shape index (κ3) is 4.08. The van der Waals surface area contributed by atoms with Crippen LogP contribution in [-0.4, -0.2) is 34.5 Å². The number of hydrogen-bond donors (Lipinski definition) is 1. The van der Waals surface area contributed by atoms with Crippen molar-refractivity contribution in [2.24, 2.45) is 5.73 Å². The summed E-state index contributed by atoms with van der Waals surface area (Å²) in [7, 11) is 0. The molecule has 0 spiro atoms. The van der Waals surface area contributed by atoms with E-state index in [1.54, 1.807) is 17.3 Å². The Morgan fingerprint density at radius 1 is 1.29 bits per heavy atom. The number of alkyl halides is 1. The zero-order valence-corrected chi connectivity index (χ0v) is 13.3. The molecule has 3 rings (SSSR count). The summed E-state index contributed by atoms with van der Waals surface area (Å²) in [5.41, 5.74) is 7.34. The molecule has 126 valence electrons. The summed E-state index contributed by atoms with van der Waals surface area (Å²) in [4.78, 5) is 17.2. The van der Waals surface area contributed by atoms with Crippen LogP contribution in [0.1, 0.15) is 17.5 Å². The lowest BCUT2D eigenvalue weighted by molar-refractivity contribution is -0.122. The monoisotopic (exact) mass is 329 g/mol. The van der Waals surface area contributed by atoms with E-state index >= 15 is 0 Å². The lowest BCUT2D eigenvalue weighted by atomic mass is 10.1. The van der Waals surface area contributed by atoms with Crippen LogP contribution in [0.5, 0.6) is 5.75 Å². The van der Waals surface area contributed by atoms with Gasteiger partial charge >= 0.3 is 0 Å². The van der Waals surface area contributed by atoms with E-state index in [4.69, 9.17) is 10.5 Å². The van der Waals surface area contributed by atoms with Crippen LogP contribution in [0.2, 0.25) is 0 Å². The maximum Gasteiger partial charge on any atom is 0.234 e. The van der Waals surface area contributed by atoms with E-state index in [-0.39, 0.29) is 13.0 Å². The van der Waals surface area contributed by atoms with Crippen LogP contribution in [0.15, 0.2) is 48.8 Å². The van der Waals surface area contributed by atoms with Crippen molar-refractivity contribution in [2.45, 2.75) is 31.8 Å². The van der Waals surface area contributed by atoms with Crippen LogP contribution >= 0.6 is 0 Å². The number of nitrogens with two attached hydrogens (primary N) is 1. The van der Waals surface area contributed by atoms with Crippen molar-refractivity contribution in [3.8, 4) is 5.75 Å². The smallest absolute Gasteiger partial charge is 0.234 e. The van der Waals surface area contributed by atoms with Gasteiger partial charge in [-0.25, -0.2) is 4.39 Å². The molecule has 0 aliphatic carbocycles. The number of halogens is 1. The molecule has 24 heavy (non-hydrogen) atoms. The van der Waals surface area contributed by atoms with E-state index in [0.717, 1.165) is 16.9 Å². The van der Waals surface area contributed by atoms with Crippen molar-refractivity contribution in [2.75, 3.05) is 6.54 Å². The largest absolute Gasteiger partial charge is 0.489 e. The fourth-order valence-electron chi connectivity index (χ4n) is 2.89. The minimum Gasteiger partial charge on any atom is -0.489 e. The fourth-order valence-corrected chi connectivity index (χ4v) is 2.89. The number of hydrogen-bond acceptors (Lipinski definition) is 4. The molecule has 1 amide bonds. The maximum atomic E-state index is 13.5. The second-order valence-corrected chi connectivity index (χ2v) is 5.97. The molecule has 1 aliphatic heterocycles. The summed E-state index contributed by atoms with van der Waals surface area (Å²) in [5, 5.41) is 0. The normalized spacial score (nSPS) is 20.9. The lowest BCUT2D eigenvalue weighted by Crippen LogP contribution is -2.39. The summed E-state index contributed by atoms with van der Waals surface area (Å²) < 4.78 is 19.2. The predicted molar refractivity (Wildman–Crippen MR) is 87.9 cm³/mol. The minimum absolute atomic E-state index is 0.182. The molecule has 2 heterocycles. The maximum absolute atomic E-state index is 13.5. The average molecular weight is 329 g/mol. The molecule has 1 fully saturated rings. The van der Waals surface area contributed by atoms with Gasteiger partial charge in [0.05, 0.1) is 6.04 Å². The lowest BCUT2D eigenvalue weighted by Gasteiger charge is -2.21. The number of primary amides is 1. The Bertz CT molecular complexity index is 678. The molecule has 5 nitrogen and oxygen atoms in total. The molecule has 0 radical (unpaired) electrons. The number of amides is 1. The Morgan fingerprint density at radius 2 is 2.08 bits per heavy atom. The highest BCUT2D eigenvalue weighted by molar-refractivity contribution is 5.80. The van der Waals surface area contributed by atoms with Crippen LogP contribution in [0.25, 0.3) is 0 Å². The summed E-state index contributed by atoms with van der Waals surface area (Å²) in [6, 6.07) is 10.9. The highest BCUT2D eigenvalue weighted by Gasteiger charge is 2.35. The van der Waals surface area contributed by atoms with Gasteiger partial charge in [-0.15, -0.1) is 0 Å². The van der Waals surface area contributed by atoms with Crippen molar-refractivity contribution in [3.63, 3.8) is 0 Å². The van der Waals surface area contributed by atoms with Gasteiger partial charge in [-0.1, -0.05) is 18.2 Å². The first-order valence-electron chi connectivity index (χ1n) is 7.90. The first-order valence-corrected chi connectivity index (χ1v) is 7.90. The van der Waals surface area contributed by atoms with E-state index < -0.39 is 18.1 Å². The Morgan fingerprint density at radius 3 is 2.75 bits per heavy atom. The van der Waals surface area contributed by atoms with Crippen molar-refractivity contribution < 1.29 is 13.9 Å². The molecule has 0 unspecified atom stereocenters. The van der Waals surface area contributed by atoms with Gasteiger partial charge in [-0.05, 0) is 23.8 Å². The molecular weight excluding hydrogens is 309 g/mol. The first-order chi connectivity index (χ1) is 11.6. The minimum atomic E-state index is -0.996. The van der Waals surface area contributed by atoms with Gasteiger partial charge in [0.1, 0.15) is 18.5 Å². The van der Waals surface area contributed by atoms with Gasteiger partial charge in [-0.3, -0.25) is 14.7 Å². The Hall–Kier alpha value is -2.47. The van der Waals surface area contributed by atoms with Crippen LogP contribution in [0.4, 0.5) is 4.39 Å². The topological polar surface area (TPSA) is 68.5 Å². The second-order valence-electron chi connectivity index (χ2n) is 5.97. The Balaban J connectivity index is 1.57. The average Bonchev–Trinajstić information content (AvgIpc) is 2.96. The molecule has 1 aromatic carbocycles. The van der Waals surface area contributed by atoms with E-state index in [0.29, 0.717) is 13.2 Å². The SMILES string of the molecule is NC(=O)[C@@H]1C[C@@H](F)CN1Cc1ccc(OCc2cccnc2)cc1. The number of benzene rings is 1. The first kappa shape index (κ1) is 16.4. The Kier molecular flexibility index (Phi) is 5.05. The van der Waals surface area contributed by atoms with E-state index in [2.05, 4.69) is 4.98 Å². The third-order valence-corrected chi connectivity index (χ3v) is 4.12. The number of pyridine rings is 1. The quantitative estimate of drug-likeness (QED) is 0.881. The summed E-state index contributed by atoms with van der Waals surface area (Å²) >= 11 is 0. The number of aromatic nitrogens is 1. The molecule has 2 N–H and O–H groups in total. The van der Waals surface area contributed by atoms with E-state index in [1.165, 1.54) is 0 Å². The summed E-state index contributed by atoms with van der Waals surface area (Å²) in [6.45, 7) is 1.19. The highest BCUT2D eigenvalue weighted by Crippen LogP contribution is 2.23. The number of likely N-dealkylation sites (tertiary alicyclic amines) is 1. The van der Waals surface area contributed by atoms with Gasteiger partial charge in [0, 0.05) is 37.5 Å². The molecule has 0 bridgehead atoms. The van der Waals surface area contributed by atoms with Gasteiger partial charge in [0.25, 0.3) is 0 Å². The van der Waals surface area contributed by atoms with Crippen LogP contribution < -0.4 is 10.5 Å². The van der Waals surface area contributed by atoms with Crippen molar-refractivity contribution in [3.05, 3.63) is 59.9 Å². The zero-order valence-electron chi connectivity index (χ0n) is 13.3. The highest BCUT2D eigenvalue weighted by atomic mass is 19.1. The molecule has 2 atom stereocenters.